The van der Waals surface area contributed by atoms with Crippen molar-refractivity contribution in [2.24, 2.45) is 0 Å². The molecule has 11 nitrogen and oxygen atoms in total. The van der Waals surface area contributed by atoms with Crippen LogP contribution in [0.25, 0.3) is 0 Å². The maximum absolute atomic E-state index is 14.1. The van der Waals surface area contributed by atoms with E-state index in [-0.39, 0.29) is 24.2 Å². The number of carbonyl (C=O) groups excluding carboxylic acids is 2. The summed E-state index contributed by atoms with van der Waals surface area (Å²) < 4.78 is 17.4. The van der Waals surface area contributed by atoms with E-state index in [1.54, 1.807) is 11.3 Å². The molecule has 6 rings (SSSR count). The summed E-state index contributed by atoms with van der Waals surface area (Å²) in [5.74, 6) is 0.397. The van der Waals surface area contributed by atoms with Crippen molar-refractivity contribution in [3.8, 4) is 0 Å². The number of alkyl carbamates (subject to hydrolysis) is 1. The van der Waals surface area contributed by atoms with E-state index in [2.05, 4.69) is 38.1 Å². The molecule has 1 saturated heterocycles. The van der Waals surface area contributed by atoms with Gasteiger partial charge >= 0.3 is 6.09 Å². The number of benzene rings is 3. The number of ether oxygens (including phenoxy) is 2. The number of hydrogen-bond donors (Lipinski definition) is 3. The van der Waals surface area contributed by atoms with Crippen LogP contribution in [0, 0.1) is 6.92 Å². The summed E-state index contributed by atoms with van der Waals surface area (Å²) in [5, 5.41) is 21.5. The molecule has 3 N–H and O–H groups in total. The van der Waals surface area contributed by atoms with Crippen LogP contribution in [0.4, 0.5) is 10.5 Å². The summed E-state index contributed by atoms with van der Waals surface area (Å²) in [4.78, 5) is 31.2. The van der Waals surface area contributed by atoms with Crippen LogP contribution in [0.15, 0.2) is 99.9 Å². The Kier molecular flexibility index (Phi) is 12.5. The number of hydrogen-bond acceptors (Lipinski definition) is 11. The third kappa shape index (κ3) is 9.82. The minimum Gasteiger partial charge on any atom is -0.453 e. The van der Waals surface area contributed by atoms with Crippen LogP contribution >= 0.6 is 23.1 Å². The number of aromatic nitrogens is 3. The van der Waals surface area contributed by atoms with Gasteiger partial charge < -0.3 is 29.8 Å². The topological polar surface area (TPSA) is 140 Å². The van der Waals surface area contributed by atoms with E-state index < -0.39 is 18.1 Å². The van der Waals surface area contributed by atoms with E-state index >= 15 is 0 Å². The number of amides is 2. The zero-order chi connectivity index (χ0) is 35.6. The number of carbonyl (C=O) groups is 2. The molecule has 0 spiro atoms. The Morgan fingerprint density at radius 1 is 1.02 bits per heavy atom. The van der Waals surface area contributed by atoms with Crippen LogP contribution in [0.5, 0.6) is 0 Å². The highest BCUT2D eigenvalue weighted by Crippen LogP contribution is 2.30. The molecule has 5 aromatic rings. The average Bonchev–Trinajstić information content (AvgIpc) is 3.79. The van der Waals surface area contributed by atoms with E-state index in [1.165, 1.54) is 18.9 Å². The molecular weight excluding hydrogens is 685 g/mol. The highest BCUT2D eigenvalue weighted by atomic mass is 32.2. The third-order valence-electron chi connectivity index (χ3n) is 8.81. The molecule has 4 atom stereocenters. The molecule has 0 radical (unpaired) electrons. The maximum Gasteiger partial charge on any atom is 0.407 e. The molecule has 1 fully saturated rings. The molecule has 0 aliphatic carbocycles. The predicted molar refractivity (Wildman–Crippen MR) is 198 cm³/mol. The van der Waals surface area contributed by atoms with E-state index in [9.17, 15) is 9.59 Å². The van der Waals surface area contributed by atoms with Gasteiger partial charge in [0.2, 0.25) is 11.8 Å². The first-order valence-electron chi connectivity index (χ1n) is 16.9. The van der Waals surface area contributed by atoms with Crippen molar-refractivity contribution in [3.05, 3.63) is 124 Å². The highest BCUT2D eigenvalue weighted by molar-refractivity contribution is 7.99. The fourth-order valence-corrected chi connectivity index (χ4v) is 7.69. The largest absolute Gasteiger partial charge is 0.453 e. The summed E-state index contributed by atoms with van der Waals surface area (Å²) in [6.07, 6.45) is 1.16. The third-order valence-corrected chi connectivity index (χ3v) is 10.5. The molecule has 51 heavy (non-hydrogen) atoms. The first-order valence-corrected chi connectivity index (χ1v) is 18.8. The van der Waals surface area contributed by atoms with Gasteiger partial charge in [0.15, 0.2) is 0 Å². The lowest BCUT2D eigenvalue weighted by Crippen LogP contribution is -2.52. The van der Waals surface area contributed by atoms with Gasteiger partial charge in [0.1, 0.15) is 6.04 Å². The van der Waals surface area contributed by atoms with Gasteiger partial charge in [-0.3, -0.25) is 4.79 Å². The molecule has 1 aliphatic rings. The van der Waals surface area contributed by atoms with Crippen LogP contribution in [0.1, 0.15) is 52.5 Å². The van der Waals surface area contributed by atoms with Gasteiger partial charge in [0.05, 0.1) is 36.4 Å². The fraction of sp³-hybridized carbons (Fsp3) is 0.342. The minimum absolute atomic E-state index is 0.0315. The second kappa shape index (κ2) is 17.6. The standard InChI is InChI=1S/C38H42N6O5S2/c1-24-32(23-51-38-44-43-33(49-38)20-29-22-50-25(2)40-29)48-30(21-39-24)19-18-26-12-10-11-17-31(26)41-36(45)35(42-37(46)47-3)34(27-13-6-4-7-14-27)28-15-8-5-9-16-28/h4-17,22,24,30,32,34-35,39H,18-21,23H2,1-3H3,(H,41,45)(H,42,46)/t24-,30-,32-,35?/m1/s1. The number of nitrogens with one attached hydrogen (secondary N) is 3. The van der Waals surface area contributed by atoms with Crippen molar-refractivity contribution in [1.82, 2.24) is 25.8 Å². The van der Waals surface area contributed by atoms with Crippen molar-refractivity contribution in [1.29, 1.82) is 0 Å². The molecule has 3 aromatic carbocycles. The van der Waals surface area contributed by atoms with Gasteiger partial charge in [-0.15, -0.1) is 21.5 Å². The van der Waals surface area contributed by atoms with Crippen LogP contribution in [0.2, 0.25) is 0 Å². The van der Waals surface area contributed by atoms with Crippen LogP contribution in [0.3, 0.4) is 0 Å². The Morgan fingerprint density at radius 3 is 2.41 bits per heavy atom. The summed E-state index contributed by atoms with van der Waals surface area (Å²) in [5.41, 5.74) is 4.37. The van der Waals surface area contributed by atoms with Crippen molar-refractivity contribution in [3.63, 3.8) is 0 Å². The van der Waals surface area contributed by atoms with Gasteiger partial charge in [0.25, 0.3) is 5.22 Å². The second-order valence-electron chi connectivity index (χ2n) is 12.4. The second-order valence-corrected chi connectivity index (χ2v) is 14.4. The Bertz CT molecular complexity index is 1830. The van der Waals surface area contributed by atoms with E-state index in [4.69, 9.17) is 13.9 Å². The quantitative estimate of drug-likeness (QED) is 0.110. The smallest absolute Gasteiger partial charge is 0.407 e. The molecule has 13 heteroatoms. The minimum atomic E-state index is -0.952. The van der Waals surface area contributed by atoms with Crippen LogP contribution in [-0.4, -0.2) is 70.9 Å². The fourth-order valence-electron chi connectivity index (χ4n) is 6.15. The van der Waals surface area contributed by atoms with Gasteiger partial charge in [0, 0.05) is 35.3 Å². The van der Waals surface area contributed by atoms with Gasteiger partial charge in [-0.1, -0.05) is 90.6 Å². The summed E-state index contributed by atoms with van der Waals surface area (Å²) in [6, 6.07) is 26.3. The predicted octanol–water partition coefficient (Wildman–Crippen LogP) is 6.39. The number of morpholine rings is 1. The molecule has 1 unspecified atom stereocenters. The Balaban J connectivity index is 1.09. The molecule has 2 aromatic heterocycles. The molecule has 3 heterocycles. The molecular formula is C38H42N6O5S2. The van der Waals surface area contributed by atoms with E-state index in [0.717, 1.165) is 40.4 Å². The molecule has 266 valence electrons. The first-order chi connectivity index (χ1) is 24.9. The monoisotopic (exact) mass is 726 g/mol. The zero-order valence-electron chi connectivity index (χ0n) is 28.8. The van der Waals surface area contributed by atoms with E-state index in [1.807, 2.05) is 97.2 Å². The number of thiazole rings is 1. The van der Waals surface area contributed by atoms with Gasteiger partial charge in [-0.2, -0.15) is 0 Å². The first kappa shape index (κ1) is 36.2. The number of aryl methyl sites for hydroxylation is 2. The van der Waals surface area contributed by atoms with Crippen LogP contribution in [-0.2, 0) is 27.1 Å². The van der Waals surface area contributed by atoms with E-state index in [0.29, 0.717) is 35.4 Å². The lowest BCUT2D eigenvalue weighted by atomic mass is 9.84. The number of methoxy groups -OCH3 is 1. The summed E-state index contributed by atoms with van der Waals surface area (Å²) >= 11 is 3.09. The van der Waals surface area contributed by atoms with Gasteiger partial charge in [-0.05, 0) is 49.4 Å². The number of nitrogens with zero attached hydrogens (tertiary/aromatic N) is 3. The van der Waals surface area contributed by atoms with Crippen molar-refractivity contribution >= 4 is 40.8 Å². The number of para-hydroxylation sites is 1. The molecule has 0 saturated carbocycles. The number of anilines is 1. The Hall–Kier alpha value is -4.56. The zero-order valence-corrected chi connectivity index (χ0v) is 30.4. The van der Waals surface area contributed by atoms with Gasteiger partial charge in [-0.25, -0.2) is 9.78 Å². The van der Waals surface area contributed by atoms with Crippen molar-refractivity contribution in [2.45, 2.75) is 68.5 Å². The van der Waals surface area contributed by atoms with Crippen molar-refractivity contribution < 1.29 is 23.5 Å². The number of thioether (sulfide) groups is 1. The summed E-state index contributed by atoms with van der Waals surface area (Å²) in [7, 11) is 1.29. The summed E-state index contributed by atoms with van der Waals surface area (Å²) in [6.45, 7) is 4.81. The number of rotatable bonds is 14. The van der Waals surface area contributed by atoms with Crippen molar-refractivity contribution in [2.75, 3.05) is 24.7 Å². The lowest BCUT2D eigenvalue weighted by molar-refractivity contribution is -0.118. The molecule has 1 aliphatic heterocycles. The normalized spacial score (nSPS) is 17.9. The molecule has 0 bridgehead atoms. The molecule has 2 amide bonds. The Labute approximate surface area is 306 Å². The Morgan fingerprint density at radius 2 is 1.73 bits per heavy atom. The maximum atomic E-state index is 14.1. The SMILES string of the molecule is COC(=O)NC(C(=O)Nc1ccccc1CC[C@@H]1CN[C@H](C)[C@@H](CSc2nnc(Cc3csc(C)n3)o2)O1)C(c1ccccc1)c1ccccc1. The lowest BCUT2D eigenvalue weighted by Gasteiger charge is -2.35. The van der Waals surface area contributed by atoms with Crippen LogP contribution < -0.4 is 16.0 Å². The highest BCUT2D eigenvalue weighted by Gasteiger charge is 2.34. The average molecular weight is 727 g/mol.